The predicted octanol–water partition coefficient (Wildman–Crippen LogP) is 2.28. The fraction of sp³-hybridized carbons (Fsp3) is 0.400. The maximum absolute atomic E-state index is 5.84. The summed E-state index contributed by atoms with van der Waals surface area (Å²) >= 11 is 0. The van der Waals surface area contributed by atoms with Crippen LogP contribution in [0.5, 0.6) is 0 Å². The molecule has 0 saturated heterocycles. The molecule has 0 radical (unpaired) electrons. The quantitative estimate of drug-likeness (QED) is 0.656. The van der Waals surface area contributed by atoms with E-state index in [1.807, 2.05) is 0 Å². The molecule has 1 unspecified atom stereocenters. The molecule has 1 atom stereocenters. The lowest BCUT2D eigenvalue weighted by Gasteiger charge is -2.29. The second kappa shape index (κ2) is 3.08. The van der Waals surface area contributed by atoms with Gasteiger partial charge in [-0.1, -0.05) is 17.7 Å². The average molecular weight is 184 g/mol. The lowest BCUT2D eigenvalue weighted by atomic mass is 9.80. The number of nitrogens with two attached hydrogens (primary N) is 1. The van der Waals surface area contributed by atoms with E-state index in [1.54, 1.807) is 0 Å². The first-order valence-corrected chi connectivity index (χ1v) is 4.04. The van der Waals surface area contributed by atoms with Crippen LogP contribution in [0.25, 0.3) is 0 Å². The zero-order valence-electron chi connectivity index (χ0n) is 7.42. The summed E-state index contributed by atoms with van der Waals surface area (Å²) < 4.78 is 0. The summed E-state index contributed by atoms with van der Waals surface area (Å²) in [5, 5.41) is 0. The molecule has 2 N–H and O–H groups in total. The van der Waals surface area contributed by atoms with Crippen LogP contribution in [0.15, 0.2) is 12.1 Å². The molecule has 1 aromatic rings. The lowest BCUT2D eigenvalue weighted by molar-refractivity contribution is 0.629. The van der Waals surface area contributed by atoms with E-state index in [1.165, 1.54) is 22.3 Å². The van der Waals surface area contributed by atoms with E-state index in [2.05, 4.69) is 26.0 Å². The molecular formula is C10H14ClN. The summed E-state index contributed by atoms with van der Waals surface area (Å²) in [6.07, 6.45) is 1.07. The topological polar surface area (TPSA) is 26.0 Å². The van der Waals surface area contributed by atoms with Crippen molar-refractivity contribution in [2.45, 2.75) is 26.3 Å². The van der Waals surface area contributed by atoms with Gasteiger partial charge in [-0.05, 0) is 37.0 Å². The summed E-state index contributed by atoms with van der Waals surface area (Å²) in [5.41, 5.74) is 11.4. The van der Waals surface area contributed by atoms with E-state index in [0.717, 1.165) is 6.42 Å². The first-order valence-electron chi connectivity index (χ1n) is 4.04. The molecule has 1 aromatic carbocycles. The van der Waals surface area contributed by atoms with Crippen LogP contribution in [0.2, 0.25) is 0 Å². The van der Waals surface area contributed by atoms with Crippen LogP contribution in [0.3, 0.4) is 0 Å². The van der Waals surface area contributed by atoms with Crippen molar-refractivity contribution in [1.82, 2.24) is 0 Å². The number of hydrogen-bond acceptors (Lipinski definition) is 1. The van der Waals surface area contributed by atoms with E-state index >= 15 is 0 Å². The van der Waals surface area contributed by atoms with Crippen LogP contribution in [-0.2, 0) is 6.42 Å². The fourth-order valence-electron chi connectivity index (χ4n) is 1.97. The lowest BCUT2D eigenvalue weighted by Crippen LogP contribution is -2.26. The molecule has 66 valence electrons. The summed E-state index contributed by atoms with van der Waals surface area (Å²) in [4.78, 5) is 0. The van der Waals surface area contributed by atoms with Crippen molar-refractivity contribution >= 4 is 12.4 Å². The molecule has 0 spiro atoms. The molecule has 1 nitrogen and oxygen atoms in total. The first-order chi connectivity index (χ1) is 5.18. The van der Waals surface area contributed by atoms with Crippen molar-refractivity contribution in [2.75, 3.05) is 0 Å². The summed E-state index contributed by atoms with van der Waals surface area (Å²) in [5.74, 6) is 0. The molecule has 12 heavy (non-hydrogen) atoms. The number of rotatable bonds is 0. The highest BCUT2D eigenvalue weighted by Gasteiger charge is 2.23. The van der Waals surface area contributed by atoms with Crippen LogP contribution >= 0.6 is 12.4 Å². The van der Waals surface area contributed by atoms with Gasteiger partial charge in [0.15, 0.2) is 0 Å². The van der Waals surface area contributed by atoms with Gasteiger partial charge in [-0.2, -0.15) is 0 Å². The van der Waals surface area contributed by atoms with Gasteiger partial charge >= 0.3 is 0 Å². The van der Waals surface area contributed by atoms with E-state index in [0.29, 0.717) is 6.04 Å². The van der Waals surface area contributed by atoms with Gasteiger partial charge in [0.05, 0.1) is 0 Å². The molecule has 0 saturated carbocycles. The number of aryl methyl sites for hydroxylation is 2. The molecule has 1 aliphatic carbocycles. The van der Waals surface area contributed by atoms with Crippen molar-refractivity contribution in [3.63, 3.8) is 0 Å². The number of halogens is 1. The summed E-state index contributed by atoms with van der Waals surface area (Å²) in [7, 11) is 0. The standard InChI is InChI=1S/C10H13N.ClH/c1-6-3-7(2)10-8(4-6)5-9(10)11;/h3-4,9H,5,11H2,1-2H3;1H. The maximum atomic E-state index is 5.84. The Morgan fingerprint density at radius 2 is 2.00 bits per heavy atom. The Kier molecular flexibility index (Phi) is 2.45. The highest BCUT2D eigenvalue weighted by atomic mass is 35.5. The molecule has 2 heteroatoms. The van der Waals surface area contributed by atoms with Crippen LogP contribution < -0.4 is 5.73 Å². The third-order valence-corrected chi connectivity index (χ3v) is 2.43. The van der Waals surface area contributed by atoms with Gasteiger partial charge in [0, 0.05) is 6.04 Å². The average Bonchev–Trinajstić information content (AvgIpc) is 1.83. The molecule has 1 aliphatic rings. The molecular weight excluding hydrogens is 170 g/mol. The van der Waals surface area contributed by atoms with Crippen molar-refractivity contribution in [3.8, 4) is 0 Å². The van der Waals surface area contributed by atoms with Gasteiger partial charge in [-0.3, -0.25) is 0 Å². The first kappa shape index (κ1) is 9.56. The maximum Gasteiger partial charge on any atom is 0.0341 e. The predicted molar refractivity (Wildman–Crippen MR) is 53.8 cm³/mol. The van der Waals surface area contributed by atoms with Gasteiger partial charge in [-0.25, -0.2) is 0 Å². The Bertz CT molecular complexity index is 290. The van der Waals surface area contributed by atoms with Crippen LogP contribution in [0, 0.1) is 13.8 Å². The van der Waals surface area contributed by atoms with Gasteiger partial charge in [0.1, 0.15) is 0 Å². The second-order valence-corrected chi connectivity index (χ2v) is 3.47. The monoisotopic (exact) mass is 183 g/mol. The molecule has 0 heterocycles. The number of benzene rings is 1. The minimum absolute atomic E-state index is 0. The van der Waals surface area contributed by atoms with Crippen molar-refractivity contribution in [2.24, 2.45) is 5.73 Å². The van der Waals surface area contributed by atoms with Gasteiger partial charge in [0.2, 0.25) is 0 Å². The zero-order chi connectivity index (χ0) is 8.01. The van der Waals surface area contributed by atoms with Gasteiger partial charge in [-0.15, -0.1) is 12.4 Å². The fourth-order valence-corrected chi connectivity index (χ4v) is 1.97. The summed E-state index contributed by atoms with van der Waals surface area (Å²) in [6, 6.07) is 4.76. The van der Waals surface area contributed by atoms with Crippen molar-refractivity contribution in [1.29, 1.82) is 0 Å². The minimum Gasteiger partial charge on any atom is -0.324 e. The zero-order valence-corrected chi connectivity index (χ0v) is 8.24. The van der Waals surface area contributed by atoms with Crippen molar-refractivity contribution in [3.05, 3.63) is 34.4 Å². The third kappa shape index (κ3) is 1.23. The molecule has 0 aromatic heterocycles. The van der Waals surface area contributed by atoms with Crippen LogP contribution in [0.1, 0.15) is 28.3 Å². The largest absolute Gasteiger partial charge is 0.324 e. The van der Waals surface area contributed by atoms with Crippen LogP contribution in [-0.4, -0.2) is 0 Å². The van der Waals surface area contributed by atoms with Gasteiger partial charge in [0.25, 0.3) is 0 Å². The Morgan fingerprint density at radius 3 is 2.50 bits per heavy atom. The molecule has 0 bridgehead atoms. The SMILES string of the molecule is Cc1cc(C)c2c(c1)CC2N.Cl. The van der Waals surface area contributed by atoms with E-state index in [4.69, 9.17) is 5.73 Å². The van der Waals surface area contributed by atoms with E-state index in [9.17, 15) is 0 Å². The third-order valence-electron chi connectivity index (χ3n) is 2.43. The minimum atomic E-state index is 0. The molecule has 0 aliphatic heterocycles. The second-order valence-electron chi connectivity index (χ2n) is 3.47. The Morgan fingerprint density at radius 1 is 1.33 bits per heavy atom. The van der Waals surface area contributed by atoms with Gasteiger partial charge < -0.3 is 5.73 Å². The smallest absolute Gasteiger partial charge is 0.0341 e. The molecule has 0 fully saturated rings. The molecule has 0 amide bonds. The Hall–Kier alpha value is -0.530. The number of hydrogen-bond donors (Lipinski definition) is 1. The molecule has 2 rings (SSSR count). The normalized spacial score (nSPS) is 19.1. The van der Waals surface area contributed by atoms with Crippen LogP contribution in [0.4, 0.5) is 0 Å². The Balaban J connectivity index is 0.000000720. The highest BCUT2D eigenvalue weighted by Crippen LogP contribution is 2.34. The van der Waals surface area contributed by atoms with Crippen molar-refractivity contribution < 1.29 is 0 Å². The Labute approximate surface area is 79.4 Å². The highest BCUT2D eigenvalue weighted by molar-refractivity contribution is 5.85. The number of fused-ring (bicyclic) bond motifs is 1. The van der Waals surface area contributed by atoms with E-state index in [-0.39, 0.29) is 12.4 Å². The van der Waals surface area contributed by atoms with E-state index < -0.39 is 0 Å². The summed E-state index contributed by atoms with van der Waals surface area (Å²) in [6.45, 7) is 4.28.